The third-order valence-electron chi connectivity index (χ3n) is 6.36. The first-order valence-corrected chi connectivity index (χ1v) is 9.28. The highest BCUT2D eigenvalue weighted by Crippen LogP contribution is 2.62. The van der Waals surface area contributed by atoms with E-state index >= 15 is 0 Å². The van der Waals surface area contributed by atoms with Gasteiger partial charge in [-0.15, -0.1) is 0 Å². The molecule has 0 aromatic carbocycles. The summed E-state index contributed by atoms with van der Waals surface area (Å²) in [5.74, 6) is 1.28. The predicted molar refractivity (Wildman–Crippen MR) is 89.4 cm³/mol. The van der Waals surface area contributed by atoms with Crippen LogP contribution < -0.4 is 11.1 Å². The lowest BCUT2D eigenvalue weighted by Gasteiger charge is -2.63. The van der Waals surface area contributed by atoms with Crippen LogP contribution in [-0.4, -0.2) is 69.0 Å². The smallest absolute Gasteiger partial charge is 0.188 e. The number of hydrogen-bond donors (Lipinski definition) is 2. The van der Waals surface area contributed by atoms with Crippen LogP contribution >= 0.6 is 0 Å². The predicted octanol–water partition coefficient (Wildman–Crippen LogP) is 0.571. The molecular formula is C17H30N4O2. The Balaban J connectivity index is 1.22. The summed E-state index contributed by atoms with van der Waals surface area (Å²) in [4.78, 5) is 7.00. The lowest BCUT2D eigenvalue weighted by molar-refractivity contribution is -0.171. The minimum atomic E-state index is 0.370. The van der Waals surface area contributed by atoms with Crippen LogP contribution in [-0.2, 0) is 9.47 Å². The average Bonchev–Trinajstić information content (AvgIpc) is 2.94. The standard InChI is InChI=1S/C17H30N4O2/c18-16(19-6-2-7-21-8-11-22-12-9-21)20-14-13-3-10-23-15(13)17(14)4-1-5-17/h13-15H,1-12H2,(H3,18,19,20). The number of nitrogens with one attached hydrogen (secondary N) is 1. The molecule has 3 unspecified atom stereocenters. The maximum atomic E-state index is 6.15. The van der Waals surface area contributed by atoms with Gasteiger partial charge < -0.3 is 20.5 Å². The van der Waals surface area contributed by atoms with Crippen LogP contribution in [0.3, 0.4) is 0 Å². The van der Waals surface area contributed by atoms with Crippen molar-refractivity contribution in [2.45, 2.75) is 44.2 Å². The number of hydrogen-bond acceptors (Lipinski definition) is 4. The van der Waals surface area contributed by atoms with Gasteiger partial charge in [-0.05, 0) is 25.7 Å². The van der Waals surface area contributed by atoms with Gasteiger partial charge in [0.2, 0.25) is 0 Å². The Bertz CT molecular complexity index is 446. The highest BCUT2D eigenvalue weighted by atomic mass is 16.5. The fourth-order valence-electron chi connectivity index (χ4n) is 4.98. The molecule has 2 heterocycles. The van der Waals surface area contributed by atoms with Gasteiger partial charge in [-0.1, -0.05) is 6.42 Å². The first-order chi connectivity index (χ1) is 11.3. The van der Waals surface area contributed by atoms with Gasteiger partial charge in [-0.25, -0.2) is 0 Å². The quantitative estimate of drug-likeness (QED) is 0.440. The molecule has 3 atom stereocenters. The summed E-state index contributed by atoms with van der Waals surface area (Å²) in [5.41, 5.74) is 6.52. The number of rotatable bonds is 5. The largest absolute Gasteiger partial charge is 0.379 e. The zero-order chi connectivity index (χ0) is 15.7. The van der Waals surface area contributed by atoms with Crippen LogP contribution in [0.25, 0.3) is 0 Å². The Kier molecular flexibility index (Phi) is 4.48. The molecule has 3 N–H and O–H groups in total. The van der Waals surface area contributed by atoms with E-state index in [9.17, 15) is 0 Å². The molecule has 4 rings (SSSR count). The topological polar surface area (TPSA) is 72.1 Å². The van der Waals surface area contributed by atoms with Crippen molar-refractivity contribution in [1.82, 2.24) is 10.2 Å². The minimum Gasteiger partial charge on any atom is -0.379 e. The van der Waals surface area contributed by atoms with E-state index in [1.54, 1.807) is 0 Å². The molecule has 0 aromatic rings. The Morgan fingerprint density at radius 2 is 2.09 bits per heavy atom. The van der Waals surface area contributed by atoms with Crippen LogP contribution in [0.5, 0.6) is 0 Å². The van der Waals surface area contributed by atoms with Gasteiger partial charge in [0.1, 0.15) is 0 Å². The summed E-state index contributed by atoms with van der Waals surface area (Å²) in [5, 5.41) is 3.53. The fraction of sp³-hybridized carbons (Fsp3) is 0.941. The summed E-state index contributed by atoms with van der Waals surface area (Å²) in [6.45, 7) is 6.64. The van der Waals surface area contributed by atoms with Crippen molar-refractivity contribution in [3.63, 3.8) is 0 Å². The van der Waals surface area contributed by atoms with Crippen LogP contribution in [0.4, 0.5) is 0 Å². The van der Waals surface area contributed by atoms with Gasteiger partial charge in [-0.3, -0.25) is 9.89 Å². The van der Waals surface area contributed by atoms with E-state index < -0.39 is 0 Å². The lowest BCUT2D eigenvalue weighted by Crippen LogP contribution is -2.72. The molecule has 2 aliphatic heterocycles. The normalized spacial score (nSPS) is 36.3. The fourth-order valence-corrected chi connectivity index (χ4v) is 4.98. The number of guanidine groups is 1. The van der Waals surface area contributed by atoms with Gasteiger partial charge in [0.25, 0.3) is 0 Å². The number of ether oxygens (including phenoxy) is 2. The third kappa shape index (κ3) is 2.85. The summed E-state index contributed by atoms with van der Waals surface area (Å²) in [6.07, 6.45) is 6.64. The SMILES string of the molecule is NC(=NCCCN1CCOCC1)NC1C2CCOC2C12CCC2. The number of nitrogens with zero attached hydrogens (tertiary/aromatic N) is 2. The molecule has 4 aliphatic rings. The summed E-state index contributed by atoms with van der Waals surface area (Å²) >= 11 is 0. The Morgan fingerprint density at radius 3 is 2.83 bits per heavy atom. The Morgan fingerprint density at radius 1 is 1.26 bits per heavy atom. The molecule has 0 aromatic heterocycles. The molecule has 2 aliphatic carbocycles. The van der Waals surface area contributed by atoms with Crippen molar-refractivity contribution >= 4 is 5.96 Å². The molecule has 6 nitrogen and oxygen atoms in total. The average molecular weight is 322 g/mol. The molecular weight excluding hydrogens is 292 g/mol. The van der Waals surface area contributed by atoms with E-state index in [0.29, 0.717) is 29.4 Å². The van der Waals surface area contributed by atoms with Crippen molar-refractivity contribution in [1.29, 1.82) is 0 Å². The van der Waals surface area contributed by atoms with Crippen LogP contribution in [0, 0.1) is 11.3 Å². The molecule has 2 saturated heterocycles. The van der Waals surface area contributed by atoms with Crippen LogP contribution in [0.15, 0.2) is 4.99 Å². The second-order valence-corrected chi connectivity index (χ2v) is 7.53. The van der Waals surface area contributed by atoms with Gasteiger partial charge in [0.05, 0.1) is 19.3 Å². The molecule has 6 heteroatoms. The molecule has 0 amide bonds. The van der Waals surface area contributed by atoms with Crippen molar-refractivity contribution in [3.05, 3.63) is 0 Å². The van der Waals surface area contributed by atoms with E-state index in [2.05, 4.69) is 15.2 Å². The lowest BCUT2D eigenvalue weighted by atomic mass is 9.46. The highest BCUT2D eigenvalue weighted by molar-refractivity contribution is 5.78. The first kappa shape index (κ1) is 15.7. The summed E-state index contributed by atoms with van der Waals surface area (Å²) in [6, 6.07) is 0.492. The summed E-state index contributed by atoms with van der Waals surface area (Å²) < 4.78 is 11.3. The molecule has 0 bridgehead atoms. The summed E-state index contributed by atoms with van der Waals surface area (Å²) in [7, 11) is 0. The van der Waals surface area contributed by atoms with Crippen LogP contribution in [0.1, 0.15) is 32.1 Å². The highest BCUT2D eigenvalue weighted by Gasteiger charge is 2.66. The second kappa shape index (κ2) is 6.57. The molecule has 2 saturated carbocycles. The van der Waals surface area contributed by atoms with Crippen molar-refractivity contribution in [2.75, 3.05) is 46.0 Å². The first-order valence-electron chi connectivity index (χ1n) is 9.28. The van der Waals surface area contributed by atoms with Crippen molar-refractivity contribution in [3.8, 4) is 0 Å². The van der Waals surface area contributed by atoms with Gasteiger partial charge in [-0.2, -0.15) is 0 Å². The zero-order valence-electron chi connectivity index (χ0n) is 14.0. The monoisotopic (exact) mass is 322 g/mol. The number of nitrogens with two attached hydrogens (primary N) is 1. The number of aliphatic imine (C=N–C) groups is 1. The van der Waals surface area contributed by atoms with Gasteiger partial charge in [0, 0.05) is 50.2 Å². The molecule has 23 heavy (non-hydrogen) atoms. The van der Waals surface area contributed by atoms with Gasteiger partial charge in [0.15, 0.2) is 5.96 Å². The molecule has 4 fully saturated rings. The second-order valence-electron chi connectivity index (χ2n) is 7.53. The van der Waals surface area contributed by atoms with E-state index in [1.165, 1.54) is 25.7 Å². The van der Waals surface area contributed by atoms with E-state index in [0.717, 1.165) is 52.4 Å². The number of morpholine rings is 1. The van der Waals surface area contributed by atoms with E-state index in [-0.39, 0.29) is 0 Å². The molecule has 130 valence electrons. The zero-order valence-corrected chi connectivity index (χ0v) is 14.0. The Labute approximate surface area is 138 Å². The van der Waals surface area contributed by atoms with E-state index in [4.69, 9.17) is 15.2 Å². The maximum absolute atomic E-state index is 6.15. The minimum absolute atomic E-state index is 0.370. The van der Waals surface area contributed by atoms with E-state index in [1.807, 2.05) is 0 Å². The Hall–Kier alpha value is -0.850. The molecule has 0 radical (unpaired) electrons. The third-order valence-corrected chi connectivity index (χ3v) is 6.36. The number of fused-ring (bicyclic) bond motifs is 2. The van der Waals surface area contributed by atoms with Crippen molar-refractivity contribution < 1.29 is 9.47 Å². The van der Waals surface area contributed by atoms with Crippen molar-refractivity contribution in [2.24, 2.45) is 22.1 Å². The maximum Gasteiger partial charge on any atom is 0.188 e. The van der Waals surface area contributed by atoms with Gasteiger partial charge >= 0.3 is 0 Å². The molecule has 1 spiro atoms. The van der Waals surface area contributed by atoms with Crippen LogP contribution in [0.2, 0.25) is 0 Å².